The predicted octanol–water partition coefficient (Wildman–Crippen LogP) is 4.63. The van der Waals surface area contributed by atoms with Crippen molar-refractivity contribution in [2.75, 3.05) is 0 Å². The zero-order chi connectivity index (χ0) is 22.6. The summed E-state index contributed by atoms with van der Waals surface area (Å²) >= 11 is 0.851. The largest absolute Gasteiger partial charge is 0.491 e. The van der Waals surface area contributed by atoms with Crippen molar-refractivity contribution in [2.45, 2.75) is 57.7 Å². The molecule has 1 unspecified atom stereocenters. The van der Waals surface area contributed by atoms with Crippen LogP contribution in [0.25, 0.3) is 10.2 Å². The van der Waals surface area contributed by atoms with Crippen LogP contribution in [-0.4, -0.2) is 23.2 Å². The number of nitrogens with one attached hydrogen (secondary N) is 1. The maximum Gasteiger partial charge on any atom is 0.491 e. The highest BCUT2D eigenvalue weighted by molar-refractivity contribution is 7.16. The van der Waals surface area contributed by atoms with Crippen LogP contribution in [0.3, 0.4) is 0 Å². The topological polar surface area (TPSA) is 98.3 Å². The molecule has 0 radical (unpaired) electrons. The number of benzene rings is 1. The fraction of sp³-hybridized carbons (Fsp3) is 0.429. The number of rotatable bonds is 9. The van der Waals surface area contributed by atoms with E-state index in [0.717, 1.165) is 60.5 Å². The Morgan fingerprint density at radius 3 is 2.68 bits per heavy atom. The van der Waals surface area contributed by atoms with E-state index in [0.29, 0.717) is 11.1 Å². The maximum atomic E-state index is 12.5. The number of hydrogen-bond donors (Lipinski definition) is 2. The smallest absolute Gasteiger partial charge is 0.466 e. The van der Waals surface area contributed by atoms with Gasteiger partial charge in [-0.15, -0.1) is 0 Å². The van der Waals surface area contributed by atoms with Gasteiger partial charge in [0.25, 0.3) is 0 Å². The van der Waals surface area contributed by atoms with Gasteiger partial charge in [0.05, 0.1) is 4.70 Å². The van der Waals surface area contributed by atoms with Crippen LogP contribution in [0.4, 0.5) is 13.2 Å². The van der Waals surface area contributed by atoms with E-state index in [-0.39, 0.29) is 17.3 Å². The third-order valence-corrected chi connectivity index (χ3v) is 5.79. The number of carbonyl (C=O) groups excluding carboxylic acids is 1. The number of hydrogen-bond acceptors (Lipinski definition) is 6. The lowest BCUT2D eigenvalue weighted by Gasteiger charge is -2.13. The summed E-state index contributed by atoms with van der Waals surface area (Å²) in [4.78, 5) is 24.9. The van der Waals surface area contributed by atoms with Gasteiger partial charge < -0.3 is 19.9 Å². The Morgan fingerprint density at radius 1 is 1.23 bits per heavy atom. The van der Waals surface area contributed by atoms with E-state index in [4.69, 9.17) is 10.2 Å². The number of carbonyl (C=O) groups is 1. The van der Waals surface area contributed by atoms with E-state index in [1.165, 1.54) is 6.07 Å². The zero-order valence-corrected chi connectivity index (χ0v) is 17.7. The van der Waals surface area contributed by atoms with Gasteiger partial charge in [0, 0.05) is 12.5 Å². The van der Waals surface area contributed by atoms with Crippen LogP contribution in [-0.2, 0) is 17.6 Å². The molecule has 1 atom stereocenters. The van der Waals surface area contributed by atoms with Gasteiger partial charge in [-0.2, -0.15) is 13.2 Å². The van der Waals surface area contributed by atoms with Gasteiger partial charge in [0.15, 0.2) is 5.75 Å². The number of ether oxygens (including phenoxy) is 1. The summed E-state index contributed by atoms with van der Waals surface area (Å²) in [5, 5.41) is 0. The van der Waals surface area contributed by atoms with Crippen LogP contribution >= 0.6 is 11.3 Å². The molecule has 6 nitrogen and oxygen atoms in total. The van der Waals surface area contributed by atoms with Gasteiger partial charge in [-0.05, 0) is 49.9 Å². The van der Waals surface area contributed by atoms with Crippen molar-refractivity contribution in [3.05, 3.63) is 51.0 Å². The van der Waals surface area contributed by atoms with Crippen molar-refractivity contribution in [3.8, 4) is 5.75 Å². The van der Waals surface area contributed by atoms with Crippen molar-refractivity contribution in [1.82, 2.24) is 4.98 Å². The molecule has 2 heterocycles. The Labute approximate surface area is 180 Å². The molecule has 10 heteroatoms. The number of H-pyrrole nitrogens is 1. The fourth-order valence-corrected chi connectivity index (χ4v) is 4.23. The second-order valence-electron chi connectivity index (χ2n) is 7.40. The second kappa shape index (κ2) is 9.69. The van der Waals surface area contributed by atoms with Crippen LogP contribution in [0.5, 0.6) is 5.75 Å². The van der Waals surface area contributed by atoms with E-state index in [1.807, 2.05) is 19.1 Å². The maximum absolute atomic E-state index is 12.5. The molecule has 3 rings (SSSR count). The van der Waals surface area contributed by atoms with Crippen molar-refractivity contribution >= 4 is 27.5 Å². The van der Waals surface area contributed by atoms with Crippen molar-refractivity contribution in [1.29, 1.82) is 0 Å². The molecule has 3 N–H and O–H groups in total. The number of nitrogens with two attached hydrogens (primary N) is 1. The van der Waals surface area contributed by atoms with Crippen LogP contribution in [0.15, 0.2) is 33.5 Å². The predicted molar refractivity (Wildman–Crippen MR) is 111 cm³/mol. The number of thiazole rings is 1. The number of esters is 1. The third kappa shape index (κ3) is 6.20. The first-order valence-corrected chi connectivity index (χ1v) is 10.7. The third-order valence-electron chi connectivity index (χ3n) is 4.83. The first kappa shape index (κ1) is 23.1. The van der Waals surface area contributed by atoms with E-state index in [2.05, 4.69) is 9.72 Å². The van der Waals surface area contributed by atoms with E-state index in [1.54, 1.807) is 6.07 Å². The van der Waals surface area contributed by atoms with Crippen LogP contribution in [0.1, 0.15) is 42.8 Å². The Kier molecular flexibility index (Phi) is 7.22. The van der Waals surface area contributed by atoms with Gasteiger partial charge in [-0.1, -0.05) is 30.2 Å². The van der Waals surface area contributed by atoms with Crippen LogP contribution < -0.4 is 15.3 Å². The first-order valence-electron chi connectivity index (χ1n) is 9.88. The monoisotopic (exact) mass is 456 g/mol. The molecule has 0 amide bonds. The number of fused-ring (bicyclic) bond motifs is 1. The molecule has 0 fully saturated rings. The highest BCUT2D eigenvalue weighted by Crippen LogP contribution is 2.31. The lowest BCUT2D eigenvalue weighted by atomic mass is 10.00. The molecule has 31 heavy (non-hydrogen) atoms. The number of aryl methyl sites for hydroxylation is 2. The Balaban J connectivity index is 1.57. The number of unbranched alkanes of at least 4 members (excludes halogenated alkanes) is 2. The van der Waals surface area contributed by atoms with Gasteiger partial charge in [0.1, 0.15) is 17.0 Å². The quantitative estimate of drug-likeness (QED) is 0.278. The average Bonchev–Trinajstić information content (AvgIpc) is 3.28. The second-order valence-corrected chi connectivity index (χ2v) is 8.39. The molecule has 0 saturated carbocycles. The molecule has 0 aliphatic carbocycles. The summed E-state index contributed by atoms with van der Waals surface area (Å²) in [5.74, 6) is -0.802. The molecule has 3 aromatic rings. The molecule has 0 aliphatic heterocycles. The molecule has 0 spiro atoms. The Morgan fingerprint density at radius 2 is 2.00 bits per heavy atom. The summed E-state index contributed by atoms with van der Waals surface area (Å²) in [5.41, 5.74) is 7.04. The number of halogens is 3. The van der Waals surface area contributed by atoms with Crippen LogP contribution in [0, 0.1) is 6.92 Å². The van der Waals surface area contributed by atoms with Gasteiger partial charge in [-0.25, -0.2) is 4.79 Å². The normalized spacial score (nSPS) is 12.9. The molecule has 2 aromatic heterocycles. The Hall–Kier alpha value is -2.59. The number of aromatic nitrogens is 1. The average molecular weight is 456 g/mol. The van der Waals surface area contributed by atoms with Crippen LogP contribution in [0.2, 0.25) is 0 Å². The summed E-state index contributed by atoms with van der Waals surface area (Å²) in [7, 11) is 0. The number of furan rings is 1. The summed E-state index contributed by atoms with van der Waals surface area (Å²) < 4.78 is 47.9. The molecule has 168 valence electrons. The van der Waals surface area contributed by atoms with E-state index < -0.39 is 17.0 Å². The fourth-order valence-electron chi connectivity index (χ4n) is 3.35. The number of aromatic amines is 1. The highest BCUT2D eigenvalue weighted by Gasteiger charge is 2.41. The van der Waals surface area contributed by atoms with Gasteiger partial charge in [-0.3, -0.25) is 4.79 Å². The van der Waals surface area contributed by atoms with E-state index in [9.17, 15) is 22.8 Å². The van der Waals surface area contributed by atoms with Crippen molar-refractivity contribution in [3.63, 3.8) is 0 Å². The molecule has 0 bridgehead atoms. The van der Waals surface area contributed by atoms with Crippen molar-refractivity contribution < 1.29 is 27.1 Å². The standard InChI is InChI=1S/C21H23F3N2O4S/c1-12-7-9-15(29-12)6-4-2-3-5-14(25)11-13-8-10-16(30-19(27)21(22,23)24)17-18(13)31-20(28)26-17/h7-10,14H,2-6,11,25H2,1H3,(H,26,28). The summed E-state index contributed by atoms with van der Waals surface area (Å²) in [6.45, 7) is 1.91. The lowest BCUT2D eigenvalue weighted by molar-refractivity contribution is -0.189. The SMILES string of the molecule is Cc1ccc(CCCCCC(N)Cc2ccc(OC(=O)C(F)(F)F)c3[nH]c(=O)sc23)o1. The molecule has 0 aliphatic rings. The molecular formula is C21H23F3N2O4S. The molecule has 1 aromatic carbocycles. The summed E-state index contributed by atoms with van der Waals surface area (Å²) in [6, 6.07) is 6.54. The Bertz CT molecular complexity index is 1100. The van der Waals surface area contributed by atoms with Crippen molar-refractivity contribution in [2.24, 2.45) is 5.73 Å². The first-order chi connectivity index (χ1) is 14.6. The zero-order valence-electron chi connectivity index (χ0n) is 16.9. The van der Waals surface area contributed by atoms with Gasteiger partial charge in [0.2, 0.25) is 0 Å². The number of alkyl halides is 3. The minimum atomic E-state index is -5.13. The summed E-state index contributed by atoms with van der Waals surface area (Å²) in [6.07, 6.45) is -0.125. The molecule has 0 saturated heterocycles. The minimum Gasteiger partial charge on any atom is -0.466 e. The minimum absolute atomic E-state index is 0.0750. The highest BCUT2D eigenvalue weighted by atomic mass is 32.1. The molecular weight excluding hydrogens is 433 g/mol. The van der Waals surface area contributed by atoms with Gasteiger partial charge >= 0.3 is 17.0 Å². The lowest BCUT2D eigenvalue weighted by Crippen LogP contribution is -2.28. The van der Waals surface area contributed by atoms with E-state index >= 15 is 0 Å².